The number of aryl methyl sites for hydroxylation is 1. The van der Waals surface area contributed by atoms with E-state index in [1.165, 1.54) is 24.2 Å². The number of halogens is 2. The van der Waals surface area contributed by atoms with Crippen molar-refractivity contribution in [2.45, 2.75) is 25.8 Å². The van der Waals surface area contributed by atoms with E-state index in [0.717, 1.165) is 27.4 Å². The normalized spacial score (nSPS) is 15.8. The first-order valence-electron chi connectivity index (χ1n) is 9.79. The number of amides is 1. The minimum absolute atomic E-state index is 0.0864. The van der Waals surface area contributed by atoms with E-state index in [0.29, 0.717) is 34.1 Å². The SMILES string of the molecule is Cc1nc(Oc2cc(Cl)ccc2Br)c(C(=O)N2CCN(C3CC3)c3ccccc32)s1. The van der Waals surface area contributed by atoms with Crippen LogP contribution in [-0.4, -0.2) is 30.0 Å². The number of para-hydroxylation sites is 2. The summed E-state index contributed by atoms with van der Waals surface area (Å²) in [6.07, 6.45) is 2.45. The molecule has 0 radical (unpaired) electrons. The van der Waals surface area contributed by atoms with Crippen molar-refractivity contribution in [1.29, 1.82) is 0 Å². The maximum Gasteiger partial charge on any atom is 0.274 e. The lowest BCUT2D eigenvalue weighted by atomic mass is 10.1. The lowest BCUT2D eigenvalue weighted by molar-refractivity contribution is 0.0988. The van der Waals surface area contributed by atoms with Crippen molar-refractivity contribution in [3.05, 3.63) is 61.8 Å². The fourth-order valence-electron chi connectivity index (χ4n) is 3.75. The van der Waals surface area contributed by atoms with Gasteiger partial charge in [-0.05, 0) is 60.0 Å². The summed E-state index contributed by atoms with van der Waals surface area (Å²) in [5.74, 6) is 0.755. The van der Waals surface area contributed by atoms with E-state index >= 15 is 0 Å². The van der Waals surface area contributed by atoms with Crippen LogP contribution in [0, 0.1) is 6.92 Å². The molecule has 0 saturated heterocycles. The number of thiazole rings is 1. The Kier molecular flexibility index (Phi) is 5.21. The molecular formula is C22H19BrClN3O2S. The Bertz CT molecular complexity index is 1130. The van der Waals surface area contributed by atoms with Gasteiger partial charge in [0, 0.05) is 30.2 Å². The predicted molar refractivity (Wildman–Crippen MR) is 125 cm³/mol. The van der Waals surface area contributed by atoms with Crippen molar-refractivity contribution < 1.29 is 9.53 Å². The number of fused-ring (bicyclic) bond motifs is 1. The molecule has 154 valence electrons. The zero-order chi connectivity index (χ0) is 20.8. The smallest absolute Gasteiger partial charge is 0.274 e. The predicted octanol–water partition coefficient (Wildman–Crippen LogP) is 6.29. The third-order valence-electron chi connectivity index (χ3n) is 5.28. The fraction of sp³-hybridized carbons (Fsp3) is 0.273. The molecule has 1 saturated carbocycles. The van der Waals surface area contributed by atoms with Crippen molar-refractivity contribution in [2.75, 3.05) is 22.9 Å². The van der Waals surface area contributed by atoms with Crippen LogP contribution in [0.2, 0.25) is 5.02 Å². The Morgan fingerprint density at radius 3 is 2.73 bits per heavy atom. The van der Waals surface area contributed by atoms with Gasteiger partial charge in [0.1, 0.15) is 5.75 Å². The highest BCUT2D eigenvalue weighted by Gasteiger charge is 2.36. The number of nitrogens with zero attached hydrogens (tertiary/aromatic N) is 3. The summed E-state index contributed by atoms with van der Waals surface area (Å²) in [5, 5.41) is 1.33. The molecule has 0 bridgehead atoms. The Balaban J connectivity index is 1.48. The maximum absolute atomic E-state index is 13.6. The van der Waals surface area contributed by atoms with Crippen LogP contribution in [-0.2, 0) is 0 Å². The summed E-state index contributed by atoms with van der Waals surface area (Å²) in [7, 11) is 0. The third kappa shape index (κ3) is 3.70. The first-order chi connectivity index (χ1) is 14.5. The van der Waals surface area contributed by atoms with E-state index in [9.17, 15) is 4.79 Å². The van der Waals surface area contributed by atoms with E-state index in [1.807, 2.05) is 36.1 Å². The van der Waals surface area contributed by atoms with Gasteiger partial charge in [-0.25, -0.2) is 4.98 Å². The number of aromatic nitrogens is 1. The summed E-state index contributed by atoms with van der Waals surface area (Å²) >= 11 is 10.9. The van der Waals surface area contributed by atoms with Gasteiger partial charge in [0.2, 0.25) is 5.88 Å². The van der Waals surface area contributed by atoms with E-state index in [4.69, 9.17) is 16.3 Å². The minimum atomic E-state index is -0.0864. The van der Waals surface area contributed by atoms with Gasteiger partial charge in [-0.2, -0.15) is 0 Å². The van der Waals surface area contributed by atoms with Crippen LogP contribution in [0.4, 0.5) is 11.4 Å². The molecule has 5 rings (SSSR count). The molecule has 2 heterocycles. The second-order valence-electron chi connectivity index (χ2n) is 7.41. The van der Waals surface area contributed by atoms with Gasteiger partial charge in [-0.1, -0.05) is 23.7 Å². The number of rotatable bonds is 4. The molecule has 0 atom stereocenters. The van der Waals surface area contributed by atoms with Gasteiger partial charge in [0.15, 0.2) is 4.88 Å². The average molecular weight is 505 g/mol. The molecule has 30 heavy (non-hydrogen) atoms. The average Bonchev–Trinajstić information content (AvgIpc) is 3.52. The summed E-state index contributed by atoms with van der Waals surface area (Å²) in [6.45, 7) is 3.35. The molecule has 8 heteroatoms. The van der Waals surface area contributed by atoms with Gasteiger partial charge >= 0.3 is 0 Å². The highest BCUT2D eigenvalue weighted by Crippen LogP contribution is 2.42. The minimum Gasteiger partial charge on any atom is -0.436 e. The first kappa shape index (κ1) is 19.8. The van der Waals surface area contributed by atoms with Crippen LogP contribution in [0.15, 0.2) is 46.9 Å². The second kappa shape index (κ2) is 7.87. The van der Waals surface area contributed by atoms with E-state index in [-0.39, 0.29) is 5.91 Å². The van der Waals surface area contributed by atoms with Crippen molar-refractivity contribution in [1.82, 2.24) is 4.98 Å². The fourth-order valence-corrected chi connectivity index (χ4v) is 5.04. The maximum atomic E-state index is 13.6. The summed E-state index contributed by atoms with van der Waals surface area (Å²) in [4.78, 5) is 22.8. The first-order valence-corrected chi connectivity index (χ1v) is 11.8. The number of carbonyl (C=O) groups is 1. The van der Waals surface area contributed by atoms with Crippen molar-refractivity contribution in [3.8, 4) is 11.6 Å². The quantitative estimate of drug-likeness (QED) is 0.419. The lowest BCUT2D eigenvalue weighted by Crippen LogP contribution is -2.44. The Labute approximate surface area is 192 Å². The van der Waals surface area contributed by atoms with Crippen LogP contribution >= 0.6 is 38.9 Å². The molecule has 2 aliphatic rings. The van der Waals surface area contributed by atoms with Crippen LogP contribution < -0.4 is 14.5 Å². The molecule has 5 nitrogen and oxygen atoms in total. The third-order valence-corrected chi connectivity index (χ3v) is 7.11. The largest absolute Gasteiger partial charge is 0.436 e. The number of anilines is 2. The highest BCUT2D eigenvalue weighted by molar-refractivity contribution is 9.10. The molecule has 1 aromatic heterocycles. The number of hydrogen-bond donors (Lipinski definition) is 0. The molecule has 0 N–H and O–H groups in total. The van der Waals surface area contributed by atoms with Crippen LogP contribution in [0.25, 0.3) is 0 Å². The van der Waals surface area contributed by atoms with E-state index < -0.39 is 0 Å². The van der Waals surface area contributed by atoms with Crippen LogP contribution in [0.3, 0.4) is 0 Å². The van der Waals surface area contributed by atoms with Gasteiger partial charge in [0.05, 0.1) is 20.9 Å². The number of hydrogen-bond acceptors (Lipinski definition) is 5. The molecule has 0 spiro atoms. The number of ether oxygens (including phenoxy) is 1. The summed E-state index contributed by atoms with van der Waals surface area (Å²) in [5.41, 5.74) is 2.07. The lowest BCUT2D eigenvalue weighted by Gasteiger charge is -2.37. The topological polar surface area (TPSA) is 45.7 Å². The molecule has 1 fully saturated rings. The Morgan fingerprint density at radius 2 is 1.97 bits per heavy atom. The van der Waals surface area contributed by atoms with Crippen molar-refractivity contribution >= 4 is 56.1 Å². The second-order valence-corrected chi connectivity index (χ2v) is 9.91. The van der Waals surface area contributed by atoms with Crippen LogP contribution in [0.5, 0.6) is 11.6 Å². The van der Waals surface area contributed by atoms with Crippen molar-refractivity contribution in [2.24, 2.45) is 0 Å². The Hall–Kier alpha value is -2.09. The zero-order valence-electron chi connectivity index (χ0n) is 16.3. The van der Waals surface area contributed by atoms with Gasteiger partial charge in [-0.3, -0.25) is 4.79 Å². The van der Waals surface area contributed by atoms with Gasteiger partial charge in [-0.15, -0.1) is 11.3 Å². The number of benzene rings is 2. The molecule has 3 aromatic rings. The summed E-state index contributed by atoms with van der Waals surface area (Å²) < 4.78 is 6.77. The number of carbonyl (C=O) groups excluding carboxylic acids is 1. The van der Waals surface area contributed by atoms with E-state index in [2.05, 4.69) is 31.9 Å². The molecule has 2 aromatic carbocycles. The van der Waals surface area contributed by atoms with Gasteiger partial charge < -0.3 is 14.5 Å². The standard InChI is InChI=1S/C22H19BrClN3O2S/c1-13-25-21(29-19-12-14(24)6-9-16(19)23)20(30-13)22(28)27-11-10-26(15-7-8-15)17-4-2-3-5-18(17)27/h2-6,9,12,15H,7-8,10-11H2,1H3. The van der Waals surface area contributed by atoms with Crippen molar-refractivity contribution in [3.63, 3.8) is 0 Å². The van der Waals surface area contributed by atoms with Gasteiger partial charge in [0.25, 0.3) is 5.91 Å². The van der Waals surface area contributed by atoms with E-state index in [1.54, 1.807) is 12.1 Å². The monoisotopic (exact) mass is 503 g/mol. The molecule has 0 unspecified atom stereocenters. The molecule has 1 aliphatic carbocycles. The zero-order valence-corrected chi connectivity index (χ0v) is 19.4. The molecular weight excluding hydrogens is 486 g/mol. The Morgan fingerprint density at radius 1 is 1.20 bits per heavy atom. The van der Waals surface area contributed by atoms with Crippen LogP contribution in [0.1, 0.15) is 27.5 Å². The highest BCUT2D eigenvalue weighted by atomic mass is 79.9. The summed E-state index contributed by atoms with van der Waals surface area (Å²) in [6, 6.07) is 14.0. The molecule has 1 aliphatic heterocycles. The molecule has 1 amide bonds.